The molecule has 152 valence electrons. The Morgan fingerprint density at radius 3 is 2.52 bits per heavy atom. The molecule has 3 aliphatic rings. The SMILES string of the molecule is O=C(COc1ccc(Cl)c(Cl)c1)CC12CC(NC(=O)c3ccc(CO)cn3)(C1)C2. The van der Waals surface area contributed by atoms with E-state index in [1.807, 2.05) is 0 Å². The number of benzene rings is 1. The maximum absolute atomic E-state index is 12.4. The lowest BCUT2D eigenvalue weighted by Gasteiger charge is -2.70. The largest absolute Gasteiger partial charge is 0.486 e. The monoisotopic (exact) mass is 434 g/mol. The lowest BCUT2D eigenvalue weighted by atomic mass is 9.38. The molecule has 3 fully saturated rings. The topological polar surface area (TPSA) is 88.5 Å². The lowest BCUT2D eigenvalue weighted by Crippen LogP contribution is -2.75. The maximum Gasteiger partial charge on any atom is 0.270 e. The molecular weight excluding hydrogens is 415 g/mol. The van der Waals surface area contributed by atoms with Gasteiger partial charge < -0.3 is 15.2 Å². The van der Waals surface area contributed by atoms with Gasteiger partial charge in [-0.2, -0.15) is 0 Å². The second-order valence-electron chi connectivity index (χ2n) is 8.05. The number of carbonyl (C=O) groups excluding carboxylic acids is 2. The number of carbonyl (C=O) groups is 2. The van der Waals surface area contributed by atoms with Gasteiger partial charge in [0, 0.05) is 24.2 Å². The van der Waals surface area contributed by atoms with E-state index in [4.69, 9.17) is 33.0 Å². The summed E-state index contributed by atoms with van der Waals surface area (Å²) >= 11 is 11.8. The molecule has 0 spiro atoms. The van der Waals surface area contributed by atoms with Crippen LogP contribution in [0.5, 0.6) is 5.75 Å². The van der Waals surface area contributed by atoms with Crippen molar-refractivity contribution < 1.29 is 19.4 Å². The fraction of sp³-hybridized carbons (Fsp3) is 0.381. The summed E-state index contributed by atoms with van der Waals surface area (Å²) in [6.45, 7) is -0.121. The third-order valence-electron chi connectivity index (χ3n) is 5.62. The van der Waals surface area contributed by atoms with Gasteiger partial charge in [0.1, 0.15) is 18.1 Å². The molecular formula is C21H20Cl2N2O4. The van der Waals surface area contributed by atoms with Crippen molar-refractivity contribution in [2.45, 2.75) is 37.8 Å². The number of amides is 1. The Hall–Kier alpha value is -2.15. The summed E-state index contributed by atoms with van der Waals surface area (Å²) < 4.78 is 5.51. The van der Waals surface area contributed by atoms with E-state index in [2.05, 4.69) is 10.3 Å². The number of hydrogen-bond acceptors (Lipinski definition) is 5. The zero-order valence-electron chi connectivity index (χ0n) is 15.6. The molecule has 0 atom stereocenters. The van der Waals surface area contributed by atoms with E-state index in [0.717, 1.165) is 19.3 Å². The summed E-state index contributed by atoms with van der Waals surface area (Å²) in [5, 5.41) is 12.9. The summed E-state index contributed by atoms with van der Waals surface area (Å²) in [6.07, 6.45) is 4.30. The summed E-state index contributed by atoms with van der Waals surface area (Å²) in [5.41, 5.74) is 0.735. The molecule has 6 nitrogen and oxygen atoms in total. The molecule has 0 radical (unpaired) electrons. The number of aliphatic hydroxyl groups excluding tert-OH is 1. The molecule has 1 amide bonds. The van der Waals surface area contributed by atoms with Crippen molar-refractivity contribution >= 4 is 34.9 Å². The van der Waals surface area contributed by atoms with Crippen molar-refractivity contribution in [3.05, 3.63) is 57.8 Å². The highest BCUT2D eigenvalue weighted by molar-refractivity contribution is 6.42. The van der Waals surface area contributed by atoms with Gasteiger partial charge in [-0.15, -0.1) is 0 Å². The first-order valence-electron chi connectivity index (χ1n) is 9.30. The van der Waals surface area contributed by atoms with E-state index in [1.54, 1.807) is 30.3 Å². The van der Waals surface area contributed by atoms with E-state index in [-0.39, 0.29) is 35.9 Å². The first kappa shape index (κ1) is 20.1. The first-order chi connectivity index (χ1) is 13.8. The smallest absolute Gasteiger partial charge is 0.270 e. The molecule has 1 heterocycles. The highest BCUT2D eigenvalue weighted by Crippen LogP contribution is 2.69. The molecule has 8 heteroatoms. The molecule has 3 saturated carbocycles. The first-order valence-corrected chi connectivity index (χ1v) is 10.1. The standard InChI is InChI=1S/C21H20Cl2N2O4/c22-16-3-2-15(5-17(16)23)29-9-14(27)6-20-10-21(11-20,12-20)25-19(28)18-4-1-13(8-26)7-24-18/h1-5,7,26H,6,8-12H2,(H,25,28). The summed E-state index contributed by atoms with van der Waals surface area (Å²) in [6, 6.07) is 8.17. The molecule has 2 aromatic rings. The van der Waals surface area contributed by atoms with Crippen molar-refractivity contribution in [1.82, 2.24) is 10.3 Å². The van der Waals surface area contributed by atoms with E-state index in [0.29, 0.717) is 33.5 Å². The Morgan fingerprint density at radius 1 is 1.14 bits per heavy atom. The predicted molar refractivity (Wildman–Crippen MR) is 108 cm³/mol. The van der Waals surface area contributed by atoms with E-state index in [9.17, 15) is 9.59 Å². The number of rotatable bonds is 8. The molecule has 0 aliphatic heterocycles. The highest BCUT2D eigenvalue weighted by Gasteiger charge is 2.68. The molecule has 3 aliphatic carbocycles. The van der Waals surface area contributed by atoms with E-state index >= 15 is 0 Å². The Balaban J connectivity index is 1.23. The van der Waals surface area contributed by atoms with E-state index < -0.39 is 0 Å². The van der Waals surface area contributed by atoms with Gasteiger partial charge in [-0.05, 0) is 48.4 Å². The average Bonchev–Trinajstić information content (AvgIpc) is 2.66. The van der Waals surface area contributed by atoms with Crippen molar-refractivity contribution in [2.24, 2.45) is 5.41 Å². The highest BCUT2D eigenvalue weighted by atomic mass is 35.5. The average molecular weight is 435 g/mol. The summed E-state index contributed by atoms with van der Waals surface area (Å²) in [5.74, 6) is 0.308. The number of nitrogens with one attached hydrogen (secondary N) is 1. The van der Waals surface area contributed by atoms with Crippen LogP contribution in [0.15, 0.2) is 36.5 Å². The Morgan fingerprint density at radius 2 is 1.90 bits per heavy atom. The van der Waals surface area contributed by atoms with Crippen LogP contribution in [0.25, 0.3) is 0 Å². The van der Waals surface area contributed by atoms with E-state index in [1.165, 1.54) is 6.20 Å². The molecule has 0 unspecified atom stereocenters. The van der Waals surface area contributed by atoms with Crippen LogP contribution >= 0.6 is 23.2 Å². The number of Topliss-reactive ketones (excluding diaryl/α,β-unsaturated/α-hetero) is 1. The quantitative estimate of drug-likeness (QED) is 0.662. The normalized spacial score (nSPS) is 24.2. The minimum Gasteiger partial charge on any atom is -0.486 e. The number of halogens is 2. The van der Waals surface area contributed by atoms with Crippen molar-refractivity contribution in [2.75, 3.05) is 6.61 Å². The molecule has 0 saturated heterocycles. The minimum atomic E-state index is -0.225. The predicted octanol–water partition coefficient (Wildman–Crippen LogP) is 3.57. The number of aromatic nitrogens is 1. The fourth-order valence-electron chi connectivity index (χ4n) is 4.48. The molecule has 2 bridgehead atoms. The molecule has 5 rings (SSSR count). The van der Waals surface area contributed by atoms with Gasteiger partial charge in [0.2, 0.25) is 0 Å². The van der Waals surface area contributed by atoms with Gasteiger partial charge in [-0.1, -0.05) is 29.3 Å². The van der Waals surface area contributed by atoms with Crippen LogP contribution in [0, 0.1) is 5.41 Å². The molecule has 2 N–H and O–H groups in total. The molecule has 1 aromatic carbocycles. The number of hydrogen-bond donors (Lipinski definition) is 2. The van der Waals surface area contributed by atoms with Gasteiger partial charge in [0.25, 0.3) is 5.91 Å². The summed E-state index contributed by atoms with van der Waals surface area (Å²) in [7, 11) is 0. The van der Waals surface area contributed by atoms with Crippen molar-refractivity contribution in [1.29, 1.82) is 0 Å². The molecule has 1 aromatic heterocycles. The van der Waals surface area contributed by atoms with Gasteiger partial charge in [-0.3, -0.25) is 14.6 Å². The number of ketones is 1. The Bertz CT molecular complexity index is 942. The van der Waals surface area contributed by atoms with Crippen LogP contribution in [-0.2, 0) is 11.4 Å². The van der Waals surface area contributed by atoms with Crippen LogP contribution in [0.4, 0.5) is 0 Å². The third-order valence-corrected chi connectivity index (χ3v) is 6.36. The minimum absolute atomic E-state index is 0.0137. The van der Waals surface area contributed by atoms with Gasteiger partial charge in [0.05, 0.1) is 16.7 Å². The zero-order chi connectivity index (χ0) is 20.6. The Kier molecular flexibility index (Phi) is 5.27. The van der Waals surface area contributed by atoms with Crippen LogP contribution in [-0.4, -0.2) is 33.9 Å². The molecule has 29 heavy (non-hydrogen) atoms. The summed E-state index contributed by atoms with van der Waals surface area (Å²) in [4.78, 5) is 28.8. The second kappa shape index (κ2) is 7.59. The number of nitrogens with zero attached hydrogens (tertiary/aromatic N) is 1. The van der Waals surface area contributed by atoms with Crippen LogP contribution in [0.2, 0.25) is 10.0 Å². The van der Waals surface area contributed by atoms with Crippen molar-refractivity contribution in [3.8, 4) is 5.75 Å². The number of aliphatic hydroxyl groups is 1. The number of ether oxygens (including phenoxy) is 1. The van der Waals surface area contributed by atoms with Crippen LogP contribution in [0.1, 0.15) is 41.7 Å². The van der Waals surface area contributed by atoms with Crippen molar-refractivity contribution in [3.63, 3.8) is 0 Å². The van der Waals surface area contributed by atoms with Crippen LogP contribution < -0.4 is 10.1 Å². The number of pyridine rings is 1. The van der Waals surface area contributed by atoms with Gasteiger partial charge in [0.15, 0.2) is 5.78 Å². The third kappa shape index (κ3) is 4.10. The van der Waals surface area contributed by atoms with Gasteiger partial charge >= 0.3 is 0 Å². The van der Waals surface area contributed by atoms with Crippen LogP contribution in [0.3, 0.4) is 0 Å². The Labute approximate surface area is 178 Å². The zero-order valence-corrected chi connectivity index (χ0v) is 17.1. The second-order valence-corrected chi connectivity index (χ2v) is 8.87. The fourth-order valence-corrected chi connectivity index (χ4v) is 4.76. The maximum atomic E-state index is 12.4. The van der Waals surface area contributed by atoms with Gasteiger partial charge in [-0.25, -0.2) is 0 Å². The lowest BCUT2D eigenvalue weighted by molar-refractivity contribution is -0.162.